The summed E-state index contributed by atoms with van der Waals surface area (Å²) >= 11 is 0. The normalized spacial score (nSPS) is 14.8. The Balaban J connectivity index is 1.36. The third kappa shape index (κ3) is 7.12. The van der Waals surface area contributed by atoms with Crippen molar-refractivity contribution in [2.75, 3.05) is 61.2 Å². The molecule has 0 fully saturated rings. The van der Waals surface area contributed by atoms with E-state index in [0.717, 1.165) is 74.5 Å². The first kappa shape index (κ1) is 31.4. The molecule has 8 nitrogen and oxygen atoms in total. The monoisotopic (exact) mass is 620 g/mol. The molecule has 0 aliphatic carbocycles. The fourth-order valence-electron chi connectivity index (χ4n) is 5.69. The first-order valence-corrected chi connectivity index (χ1v) is 15.6. The molecule has 0 bridgehead atoms. The maximum Gasteiger partial charge on any atom is 0.138 e. The van der Waals surface area contributed by atoms with Crippen molar-refractivity contribution in [3.63, 3.8) is 0 Å². The number of hydrogen-bond acceptors (Lipinski definition) is 7. The van der Waals surface area contributed by atoms with E-state index >= 15 is 0 Å². The third-order valence-corrected chi connectivity index (χ3v) is 8.17. The van der Waals surface area contributed by atoms with E-state index in [1.165, 1.54) is 6.07 Å². The maximum absolute atomic E-state index is 14.8. The van der Waals surface area contributed by atoms with Crippen LogP contribution in [0.2, 0.25) is 0 Å². The highest BCUT2D eigenvalue weighted by molar-refractivity contribution is 6.16. The van der Waals surface area contributed by atoms with E-state index in [-0.39, 0.29) is 11.9 Å². The highest BCUT2D eigenvalue weighted by Gasteiger charge is 2.22. The number of rotatable bonds is 11. The Morgan fingerprint density at radius 2 is 1.57 bits per heavy atom. The van der Waals surface area contributed by atoms with E-state index < -0.39 is 0 Å². The number of aromatic amines is 1. The Bertz CT molecular complexity index is 1860. The molecule has 3 heterocycles. The van der Waals surface area contributed by atoms with Crippen molar-refractivity contribution < 1.29 is 13.9 Å². The van der Waals surface area contributed by atoms with Gasteiger partial charge < -0.3 is 24.3 Å². The molecule has 238 valence electrons. The SMILES string of the molecule is C[C@H]1NCN=C(c2cc3c(-c4cc(F)cc(OCCN(C)C)c4)cccc3[nH]2)c2cc(-c3cncc(OCCN(C)C)c3)ccc21. The lowest BCUT2D eigenvalue weighted by atomic mass is 9.92. The predicted molar refractivity (Wildman–Crippen MR) is 184 cm³/mol. The average Bonchev–Trinajstić information content (AvgIpc) is 3.39. The van der Waals surface area contributed by atoms with Crippen LogP contribution in [0.25, 0.3) is 33.2 Å². The number of aliphatic imine (C=N–C) groups is 1. The molecule has 0 saturated carbocycles. The van der Waals surface area contributed by atoms with Crippen molar-refractivity contribution in [1.82, 2.24) is 25.1 Å². The molecule has 1 atom stereocenters. The number of ether oxygens (including phenoxy) is 2. The number of H-pyrrole nitrogens is 1. The first-order valence-electron chi connectivity index (χ1n) is 15.6. The van der Waals surface area contributed by atoms with Gasteiger partial charge in [0.05, 0.1) is 24.3 Å². The summed E-state index contributed by atoms with van der Waals surface area (Å²) in [5.41, 5.74) is 8.61. The first-order chi connectivity index (χ1) is 22.2. The predicted octanol–water partition coefficient (Wildman–Crippen LogP) is 6.38. The number of nitrogens with zero attached hydrogens (tertiary/aromatic N) is 4. The Hall–Kier alpha value is -4.57. The van der Waals surface area contributed by atoms with Gasteiger partial charge in [-0.05, 0) is 93.8 Å². The lowest BCUT2D eigenvalue weighted by Gasteiger charge is -2.16. The van der Waals surface area contributed by atoms with E-state index in [1.807, 2.05) is 69.6 Å². The molecule has 0 unspecified atom stereocenters. The quantitative estimate of drug-likeness (QED) is 0.179. The van der Waals surface area contributed by atoms with Gasteiger partial charge in [-0.25, -0.2) is 4.39 Å². The number of halogens is 1. The van der Waals surface area contributed by atoms with E-state index in [0.29, 0.717) is 25.6 Å². The molecular weight excluding hydrogens is 579 g/mol. The van der Waals surface area contributed by atoms with Gasteiger partial charge in [0.15, 0.2) is 0 Å². The van der Waals surface area contributed by atoms with Crippen molar-refractivity contribution in [3.8, 4) is 33.8 Å². The van der Waals surface area contributed by atoms with E-state index in [4.69, 9.17) is 14.5 Å². The Morgan fingerprint density at radius 1 is 0.804 bits per heavy atom. The Kier molecular flexibility index (Phi) is 9.44. The van der Waals surface area contributed by atoms with Gasteiger partial charge >= 0.3 is 0 Å². The number of aromatic nitrogens is 2. The van der Waals surface area contributed by atoms with Gasteiger partial charge in [0.25, 0.3) is 0 Å². The van der Waals surface area contributed by atoms with Crippen LogP contribution in [-0.2, 0) is 0 Å². The van der Waals surface area contributed by atoms with Crippen LogP contribution in [0.4, 0.5) is 4.39 Å². The molecule has 2 N–H and O–H groups in total. The minimum atomic E-state index is -0.332. The second-order valence-corrected chi connectivity index (χ2v) is 12.2. The lowest BCUT2D eigenvalue weighted by molar-refractivity contribution is 0.260. The molecule has 2 aromatic heterocycles. The molecule has 3 aromatic carbocycles. The largest absolute Gasteiger partial charge is 0.492 e. The van der Waals surface area contributed by atoms with Crippen molar-refractivity contribution in [3.05, 3.63) is 102 Å². The number of fused-ring (bicyclic) bond motifs is 2. The van der Waals surface area contributed by atoms with Gasteiger partial charge in [0, 0.05) is 53.4 Å². The summed E-state index contributed by atoms with van der Waals surface area (Å²) in [7, 11) is 8.02. The van der Waals surface area contributed by atoms with Crippen molar-refractivity contribution in [2.24, 2.45) is 4.99 Å². The van der Waals surface area contributed by atoms with Crippen LogP contribution in [0.5, 0.6) is 11.5 Å². The van der Waals surface area contributed by atoms with Crippen molar-refractivity contribution in [1.29, 1.82) is 0 Å². The van der Waals surface area contributed by atoms with Crippen LogP contribution in [0.3, 0.4) is 0 Å². The Morgan fingerprint density at radius 3 is 2.35 bits per heavy atom. The molecular formula is C37H41FN6O2. The highest BCUT2D eigenvalue weighted by Crippen LogP contribution is 2.35. The zero-order valence-electron chi connectivity index (χ0n) is 27.1. The summed E-state index contributed by atoms with van der Waals surface area (Å²) < 4.78 is 26.7. The molecule has 0 saturated heterocycles. The van der Waals surface area contributed by atoms with E-state index in [9.17, 15) is 4.39 Å². The van der Waals surface area contributed by atoms with Crippen LogP contribution in [0.1, 0.15) is 29.8 Å². The summed E-state index contributed by atoms with van der Waals surface area (Å²) in [6.07, 6.45) is 3.61. The Labute approximate surface area is 269 Å². The van der Waals surface area contributed by atoms with Gasteiger partial charge in [0.2, 0.25) is 0 Å². The topological polar surface area (TPSA) is 78.0 Å². The summed E-state index contributed by atoms with van der Waals surface area (Å²) in [5, 5.41) is 4.50. The highest BCUT2D eigenvalue weighted by atomic mass is 19.1. The zero-order valence-corrected chi connectivity index (χ0v) is 27.1. The lowest BCUT2D eigenvalue weighted by Crippen LogP contribution is -2.19. The van der Waals surface area contributed by atoms with E-state index in [1.54, 1.807) is 12.3 Å². The van der Waals surface area contributed by atoms with Crippen LogP contribution >= 0.6 is 0 Å². The molecule has 46 heavy (non-hydrogen) atoms. The number of hydrogen-bond donors (Lipinski definition) is 2. The second-order valence-electron chi connectivity index (χ2n) is 12.2. The summed E-state index contributed by atoms with van der Waals surface area (Å²) in [4.78, 5) is 17.2. The van der Waals surface area contributed by atoms with Gasteiger partial charge in [-0.15, -0.1) is 0 Å². The third-order valence-electron chi connectivity index (χ3n) is 8.17. The molecule has 1 aliphatic heterocycles. The minimum absolute atomic E-state index is 0.113. The van der Waals surface area contributed by atoms with Crippen molar-refractivity contribution in [2.45, 2.75) is 13.0 Å². The zero-order chi connectivity index (χ0) is 32.2. The molecule has 5 aromatic rings. The minimum Gasteiger partial charge on any atom is -0.492 e. The fourth-order valence-corrected chi connectivity index (χ4v) is 5.69. The van der Waals surface area contributed by atoms with Crippen LogP contribution < -0.4 is 14.8 Å². The van der Waals surface area contributed by atoms with Gasteiger partial charge in [0.1, 0.15) is 30.5 Å². The van der Waals surface area contributed by atoms with Crippen LogP contribution in [-0.4, -0.2) is 86.6 Å². The second kappa shape index (κ2) is 13.8. The number of benzene rings is 3. The molecule has 1 aliphatic rings. The molecule has 9 heteroatoms. The molecule has 6 rings (SSSR count). The van der Waals surface area contributed by atoms with Crippen LogP contribution in [0.15, 0.2) is 84.1 Å². The number of nitrogens with one attached hydrogen (secondary N) is 2. The van der Waals surface area contributed by atoms with Crippen molar-refractivity contribution >= 4 is 16.6 Å². The maximum atomic E-state index is 14.8. The number of pyridine rings is 1. The average molecular weight is 621 g/mol. The molecule has 0 spiro atoms. The van der Waals surface area contributed by atoms with Gasteiger partial charge in [-0.1, -0.05) is 24.3 Å². The van der Waals surface area contributed by atoms with Gasteiger partial charge in [-0.2, -0.15) is 0 Å². The summed E-state index contributed by atoms with van der Waals surface area (Å²) in [6, 6.07) is 21.7. The molecule has 0 radical (unpaired) electrons. The summed E-state index contributed by atoms with van der Waals surface area (Å²) in [6.45, 7) is 5.27. The standard InChI is InChI=1S/C37H41FN6O2/c1-24-31-10-9-25(27-17-30(22-39-21-27)46-14-12-44(4)5)18-34(31)37(41-23-40-24)36-20-33-32(7-6-8-35(33)42-36)26-15-28(38)19-29(16-26)45-13-11-43(2)3/h6-10,15-22,24,40,42H,11-14,23H2,1-5H3/t24-/m1/s1. The van der Waals surface area contributed by atoms with Crippen LogP contribution in [0, 0.1) is 5.82 Å². The number of likely N-dealkylation sites (N-methyl/N-ethyl adjacent to an activating group) is 2. The molecule has 0 amide bonds. The van der Waals surface area contributed by atoms with E-state index in [2.05, 4.69) is 51.4 Å². The smallest absolute Gasteiger partial charge is 0.138 e. The summed E-state index contributed by atoms with van der Waals surface area (Å²) in [5.74, 6) is 0.923. The van der Waals surface area contributed by atoms with Gasteiger partial charge in [-0.3, -0.25) is 15.3 Å². The fraction of sp³-hybridized carbons (Fsp3) is 0.297.